The number of anilines is 1. The molecule has 0 radical (unpaired) electrons. The Balaban J connectivity index is 2.29. The van der Waals surface area contributed by atoms with Gasteiger partial charge in [0, 0.05) is 13.1 Å². The molecule has 0 spiro atoms. The highest BCUT2D eigenvalue weighted by molar-refractivity contribution is 5.72. The van der Waals surface area contributed by atoms with Crippen LogP contribution in [0.1, 0.15) is 31.4 Å². The second-order valence-electron chi connectivity index (χ2n) is 5.14. The molecular weight excluding hydrogens is 264 g/mol. The van der Waals surface area contributed by atoms with Crippen molar-refractivity contribution in [3.63, 3.8) is 0 Å². The van der Waals surface area contributed by atoms with E-state index in [1.807, 2.05) is 0 Å². The second-order valence-corrected chi connectivity index (χ2v) is 5.14. The highest BCUT2D eigenvalue weighted by atomic mass is 16.6. The van der Waals surface area contributed by atoms with Crippen molar-refractivity contribution in [2.45, 2.75) is 38.6 Å². The van der Waals surface area contributed by atoms with Gasteiger partial charge < -0.3 is 10.4 Å². The van der Waals surface area contributed by atoms with Gasteiger partial charge in [-0.25, -0.2) is 4.68 Å². The standard InChI is InChI=1S/C12H18N4O4/c1-7-10(16(19)20)11(15(2)14-7)13-9-6-4-3-5-8(9)12(17)18/h8-9,13H,3-6H2,1-2H3,(H,17,18). The topological polar surface area (TPSA) is 110 Å². The Bertz CT molecular complexity index is 540. The summed E-state index contributed by atoms with van der Waals surface area (Å²) in [6.45, 7) is 1.57. The van der Waals surface area contributed by atoms with E-state index in [0.717, 1.165) is 12.8 Å². The third-order valence-corrected chi connectivity index (χ3v) is 3.78. The van der Waals surface area contributed by atoms with E-state index in [1.54, 1.807) is 14.0 Å². The molecule has 20 heavy (non-hydrogen) atoms. The number of hydrogen-bond acceptors (Lipinski definition) is 5. The summed E-state index contributed by atoms with van der Waals surface area (Å²) in [6, 6.07) is -0.297. The summed E-state index contributed by atoms with van der Waals surface area (Å²) in [4.78, 5) is 21.9. The Hall–Kier alpha value is -2.12. The molecule has 2 N–H and O–H groups in total. The van der Waals surface area contributed by atoms with Crippen LogP contribution in [0, 0.1) is 23.0 Å². The molecule has 1 saturated carbocycles. The van der Waals surface area contributed by atoms with E-state index in [-0.39, 0.29) is 17.5 Å². The average Bonchev–Trinajstić information content (AvgIpc) is 2.64. The zero-order chi connectivity index (χ0) is 14.9. The minimum Gasteiger partial charge on any atom is -0.481 e. The van der Waals surface area contributed by atoms with E-state index in [0.29, 0.717) is 18.5 Å². The van der Waals surface area contributed by atoms with Gasteiger partial charge in [0.1, 0.15) is 5.69 Å². The number of nitrogens with one attached hydrogen (secondary N) is 1. The maximum Gasteiger partial charge on any atom is 0.333 e. The number of nitrogens with zero attached hydrogens (tertiary/aromatic N) is 3. The summed E-state index contributed by atoms with van der Waals surface area (Å²) >= 11 is 0. The third kappa shape index (κ3) is 2.59. The highest BCUT2D eigenvalue weighted by Gasteiger charge is 2.34. The molecule has 0 aromatic carbocycles. The molecule has 1 heterocycles. The zero-order valence-corrected chi connectivity index (χ0v) is 11.5. The molecule has 0 saturated heterocycles. The van der Waals surface area contributed by atoms with Crippen molar-refractivity contribution in [3.8, 4) is 0 Å². The number of aliphatic carboxylic acids is 1. The lowest BCUT2D eigenvalue weighted by molar-refractivity contribution is -0.384. The van der Waals surface area contributed by atoms with E-state index in [1.165, 1.54) is 4.68 Å². The summed E-state index contributed by atoms with van der Waals surface area (Å²) < 4.78 is 1.40. The molecule has 0 aliphatic heterocycles. The number of aromatic nitrogens is 2. The van der Waals surface area contributed by atoms with Gasteiger partial charge in [-0.3, -0.25) is 14.9 Å². The van der Waals surface area contributed by atoms with Crippen LogP contribution in [-0.2, 0) is 11.8 Å². The van der Waals surface area contributed by atoms with Gasteiger partial charge in [-0.15, -0.1) is 0 Å². The summed E-state index contributed by atoms with van der Waals surface area (Å²) in [5.41, 5.74) is 0.241. The number of nitro groups is 1. The van der Waals surface area contributed by atoms with E-state index in [4.69, 9.17) is 0 Å². The SMILES string of the molecule is Cc1nn(C)c(NC2CCCCC2C(=O)O)c1[N+](=O)[O-]. The fourth-order valence-corrected chi connectivity index (χ4v) is 2.80. The first-order chi connectivity index (χ1) is 9.41. The van der Waals surface area contributed by atoms with Gasteiger partial charge in [0.15, 0.2) is 0 Å². The Morgan fingerprint density at radius 1 is 1.50 bits per heavy atom. The minimum atomic E-state index is -0.858. The molecule has 0 amide bonds. The van der Waals surface area contributed by atoms with Crippen molar-refractivity contribution < 1.29 is 14.8 Å². The number of carboxylic acid groups (broad SMARTS) is 1. The Kier molecular flexibility index (Phi) is 3.91. The Morgan fingerprint density at radius 3 is 2.75 bits per heavy atom. The van der Waals surface area contributed by atoms with Crippen molar-refractivity contribution in [2.24, 2.45) is 13.0 Å². The van der Waals surface area contributed by atoms with Crippen molar-refractivity contribution in [1.82, 2.24) is 9.78 Å². The van der Waals surface area contributed by atoms with Crippen LogP contribution in [0.25, 0.3) is 0 Å². The lowest BCUT2D eigenvalue weighted by Gasteiger charge is -2.29. The van der Waals surface area contributed by atoms with Crippen molar-refractivity contribution in [3.05, 3.63) is 15.8 Å². The third-order valence-electron chi connectivity index (χ3n) is 3.78. The number of carbonyl (C=O) groups is 1. The first kappa shape index (κ1) is 14.3. The summed E-state index contributed by atoms with van der Waals surface area (Å²) in [5.74, 6) is -1.09. The quantitative estimate of drug-likeness (QED) is 0.642. The maximum atomic E-state index is 11.3. The van der Waals surface area contributed by atoms with E-state index >= 15 is 0 Å². The largest absolute Gasteiger partial charge is 0.481 e. The fraction of sp³-hybridized carbons (Fsp3) is 0.667. The van der Waals surface area contributed by atoms with Gasteiger partial charge in [-0.1, -0.05) is 12.8 Å². The number of rotatable bonds is 4. The normalized spacial score (nSPS) is 22.5. The molecule has 2 unspecified atom stereocenters. The average molecular weight is 282 g/mol. The summed E-state index contributed by atoms with van der Waals surface area (Å²) in [5, 5.41) is 27.4. The van der Waals surface area contributed by atoms with Gasteiger partial charge >= 0.3 is 11.7 Å². The van der Waals surface area contributed by atoms with Crippen molar-refractivity contribution in [2.75, 3.05) is 5.32 Å². The first-order valence-electron chi connectivity index (χ1n) is 6.59. The predicted molar refractivity (Wildman–Crippen MR) is 71.6 cm³/mol. The maximum absolute atomic E-state index is 11.3. The van der Waals surface area contributed by atoms with E-state index in [9.17, 15) is 20.0 Å². The smallest absolute Gasteiger partial charge is 0.333 e. The molecule has 2 rings (SSSR count). The van der Waals surface area contributed by atoms with Crippen LogP contribution >= 0.6 is 0 Å². The van der Waals surface area contributed by atoms with Crippen LogP contribution in [0.5, 0.6) is 0 Å². The Morgan fingerprint density at radius 2 is 2.15 bits per heavy atom. The molecule has 0 bridgehead atoms. The van der Waals surface area contributed by atoms with Crippen molar-refractivity contribution in [1.29, 1.82) is 0 Å². The van der Waals surface area contributed by atoms with Crippen LogP contribution in [0.2, 0.25) is 0 Å². The van der Waals surface area contributed by atoms with E-state index < -0.39 is 16.8 Å². The molecule has 1 aromatic heterocycles. The van der Waals surface area contributed by atoms with Crippen LogP contribution in [-0.4, -0.2) is 31.8 Å². The van der Waals surface area contributed by atoms with Crippen LogP contribution < -0.4 is 5.32 Å². The first-order valence-corrected chi connectivity index (χ1v) is 6.59. The second kappa shape index (κ2) is 5.48. The van der Waals surface area contributed by atoms with Crippen LogP contribution in [0.15, 0.2) is 0 Å². The fourth-order valence-electron chi connectivity index (χ4n) is 2.80. The highest BCUT2D eigenvalue weighted by Crippen LogP contribution is 2.32. The summed E-state index contributed by atoms with van der Waals surface area (Å²) in [6.07, 6.45) is 3.09. The van der Waals surface area contributed by atoms with Crippen LogP contribution in [0.4, 0.5) is 11.5 Å². The monoisotopic (exact) mass is 282 g/mol. The number of aryl methyl sites for hydroxylation is 2. The summed E-state index contributed by atoms with van der Waals surface area (Å²) in [7, 11) is 1.61. The number of hydrogen-bond donors (Lipinski definition) is 2. The number of carboxylic acids is 1. The molecule has 1 aliphatic carbocycles. The van der Waals surface area contributed by atoms with Crippen LogP contribution in [0.3, 0.4) is 0 Å². The van der Waals surface area contributed by atoms with Gasteiger partial charge in [0.05, 0.1) is 10.8 Å². The van der Waals surface area contributed by atoms with E-state index in [2.05, 4.69) is 10.4 Å². The predicted octanol–water partition coefficient (Wildman–Crippen LogP) is 1.69. The zero-order valence-electron chi connectivity index (χ0n) is 11.5. The lowest BCUT2D eigenvalue weighted by Crippen LogP contribution is -2.37. The lowest BCUT2D eigenvalue weighted by atomic mass is 9.84. The Labute approximate surface area is 115 Å². The van der Waals surface area contributed by atoms with Crippen molar-refractivity contribution >= 4 is 17.5 Å². The molecule has 1 fully saturated rings. The van der Waals surface area contributed by atoms with Gasteiger partial charge in [0.25, 0.3) is 0 Å². The molecule has 1 aromatic rings. The van der Waals surface area contributed by atoms with Gasteiger partial charge in [0.2, 0.25) is 5.82 Å². The van der Waals surface area contributed by atoms with Gasteiger partial charge in [-0.05, 0) is 19.8 Å². The van der Waals surface area contributed by atoms with Gasteiger partial charge in [-0.2, -0.15) is 5.10 Å². The molecule has 8 heteroatoms. The molecular formula is C12H18N4O4. The minimum absolute atomic E-state index is 0.0813. The molecule has 110 valence electrons. The molecule has 8 nitrogen and oxygen atoms in total. The molecule has 1 aliphatic rings. The molecule has 2 atom stereocenters.